The Bertz CT molecular complexity index is 1170. The van der Waals surface area contributed by atoms with Crippen LogP contribution in [-0.2, 0) is 14.9 Å². The molecule has 0 spiro atoms. The maximum atomic E-state index is 13.4. The molecule has 2 N–H and O–H groups in total. The SMILES string of the molecule is Cc1cc(Nc2ccc(F)cc2)c(C=N)cc1[C@@H]1CN(S(=O)(=O)N2CCOCC2)CCN1CC(C)C. The highest BCUT2D eigenvalue weighted by atomic mass is 32.2. The Kier molecular flexibility index (Phi) is 8.41. The second kappa shape index (κ2) is 11.4. The van der Waals surface area contributed by atoms with Gasteiger partial charge in [-0.1, -0.05) is 13.8 Å². The van der Waals surface area contributed by atoms with Crippen molar-refractivity contribution in [1.29, 1.82) is 5.41 Å². The minimum absolute atomic E-state index is 0.129. The summed E-state index contributed by atoms with van der Waals surface area (Å²) in [4.78, 5) is 2.36. The second-order valence-electron chi connectivity index (χ2n) is 9.85. The van der Waals surface area contributed by atoms with E-state index in [1.165, 1.54) is 22.7 Å². The third kappa shape index (κ3) is 5.95. The van der Waals surface area contributed by atoms with E-state index in [2.05, 4.69) is 24.1 Å². The molecule has 2 saturated heterocycles. The van der Waals surface area contributed by atoms with Gasteiger partial charge in [0.1, 0.15) is 5.82 Å². The van der Waals surface area contributed by atoms with Crippen LogP contribution in [0.5, 0.6) is 0 Å². The minimum atomic E-state index is -3.59. The third-order valence-electron chi connectivity index (χ3n) is 6.75. The quantitative estimate of drug-likeness (QED) is 0.521. The number of rotatable bonds is 8. The monoisotopic (exact) mass is 517 g/mol. The van der Waals surface area contributed by atoms with Gasteiger partial charge in [0.15, 0.2) is 0 Å². The molecule has 2 aromatic rings. The Labute approximate surface area is 213 Å². The molecule has 0 saturated carbocycles. The number of piperazine rings is 1. The van der Waals surface area contributed by atoms with Gasteiger partial charge in [0.2, 0.25) is 0 Å². The first kappa shape index (κ1) is 26.7. The molecule has 2 aliphatic heterocycles. The average molecular weight is 518 g/mol. The second-order valence-corrected chi connectivity index (χ2v) is 11.8. The predicted molar refractivity (Wildman–Crippen MR) is 141 cm³/mol. The van der Waals surface area contributed by atoms with Crippen LogP contribution in [0, 0.1) is 24.1 Å². The van der Waals surface area contributed by atoms with Crippen LogP contribution in [0.2, 0.25) is 0 Å². The molecule has 0 aliphatic carbocycles. The zero-order chi connectivity index (χ0) is 25.9. The van der Waals surface area contributed by atoms with Crippen LogP contribution >= 0.6 is 0 Å². The first-order valence-corrected chi connectivity index (χ1v) is 13.8. The van der Waals surface area contributed by atoms with Crippen molar-refractivity contribution in [3.8, 4) is 0 Å². The van der Waals surface area contributed by atoms with E-state index in [1.807, 2.05) is 19.1 Å². The Morgan fingerprint density at radius 2 is 1.81 bits per heavy atom. The molecular formula is C26H36FN5O3S. The molecule has 1 atom stereocenters. The zero-order valence-electron chi connectivity index (χ0n) is 21.2. The summed E-state index contributed by atoms with van der Waals surface area (Å²) >= 11 is 0. The van der Waals surface area contributed by atoms with E-state index in [-0.39, 0.29) is 11.9 Å². The van der Waals surface area contributed by atoms with Crippen molar-refractivity contribution in [2.24, 2.45) is 5.92 Å². The van der Waals surface area contributed by atoms with Gasteiger partial charge in [0.25, 0.3) is 10.2 Å². The van der Waals surface area contributed by atoms with Crippen LogP contribution < -0.4 is 5.32 Å². The fourth-order valence-electron chi connectivity index (χ4n) is 4.95. The van der Waals surface area contributed by atoms with Gasteiger partial charge in [-0.25, -0.2) is 4.39 Å². The summed E-state index contributed by atoms with van der Waals surface area (Å²) in [6.45, 7) is 10.2. The van der Waals surface area contributed by atoms with E-state index in [0.29, 0.717) is 57.4 Å². The Morgan fingerprint density at radius 1 is 1.11 bits per heavy atom. The zero-order valence-corrected chi connectivity index (χ0v) is 22.0. The van der Waals surface area contributed by atoms with Crippen LogP contribution in [0.1, 0.15) is 36.6 Å². The predicted octanol–water partition coefficient (Wildman–Crippen LogP) is 3.77. The average Bonchev–Trinajstić information content (AvgIpc) is 2.86. The van der Waals surface area contributed by atoms with Gasteiger partial charge in [0.05, 0.1) is 13.2 Å². The number of morpholine rings is 1. The fraction of sp³-hybridized carbons (Fsp3) is 0.500. The molecule has 0 bridgehead atoms. The summed E-state index contributed by atoms with van der Waals surface area (Å²) in [7, 11) is -3.59. The lowest BCUT2D eigenvalue weighted by atomic mass is 9.94. The number of hydrogen-bond donors (Lipinski definition) is 2. The first-order valence-electron chi connectivity index (χ1n) is 12.4. The number of hydrogen-bond acceptors (Lipinski definition) is 6. The third-order valence-corrected chi connectivity index (χ3v) is 8.75. The molecule has 0 amide bonds. The number of ether oxygens (including phenoxy) is 1. The van der Waals surface area contributed by atoms with Crippen molar-refractivity contribution in [3.05, 3.63) is 58.9 Å². The topological polar surface area (TPSA) is 89.0 Å². The summed E-state index contributed by atoms with van der Waals surface area (Å²) in [5, 5.41) is 11.3. The van der Waals surface area contributed by atoms with Gasteiger partial charge in [-0.15, -0.1) is 0 Å². The number of anilines is 2. The summed E-state index contributed by atoms with van der Waals surface area (Å²) in [5.41, 5.74) is 4.20. The van der Waals surface area contributed by atoms with E-state index in [4.69, 9.17) is 10.1 Å². The molecule has 2 aromatic carbocycles. The van der Waals surface area contributed by atoms with Gasteiger partial charge < -0.3 is 15.5 Å². The normalized spacial score (nSPS) is 20.5. The number of nitrogens with zero attached hydrogens (tertiary/aromatic N) is 3. The number of nitrogens with one attached hydrogen (secondary N) is 2. The molecule has 2 fully saturated rings. The Morgan fingerprint density at radius 3 is 2.44 bits per heavy atom. The van der Waals surface area contributed by atoms with Gasteiger partial charge in [-0.2, -0.15) is 17.0 Å². The van der Waals surface area contributed by atoms with Gasteiger partial charge in [-0.3, -0.25) is 4.90 Å². The Balaban J connectivity index is 1.65. The van der Waals surface area contributed by atoms with Crippen molar-refractivity contribution in [1.82, 2.24) is 13.5 Å². The van der Waals surface area contributed by atoms with Crippen LogP contribution in [0.4, 0.5) is 15.8 Å². The van der Waals surface area contributed by atoms with Crippen molar-refractivity contribution in [2.45, 2.75) is 26.8 Å². The minimum Gasteiger partial charge on any atom is -0.379 e. The van der Waals surface area contributed by atoms with E-state index < -0.39 is 10.2 Å². The van der Waals surface area contributed by atoms with Crippen molar-refractivity contribution in [3.63, 3.8) is 0 Å². The van der Waals surface area contributed by atoms with Gasteiger partial charge >= 0.3 is 0 Å². The van der Waals surface area contributed by atoms with Crippen LogP contribution in [0.15, 0.2) is 36.4 Å². The number of benzene rings is 2. The lowest BCUT2D eigenvalue weighted by Crippen LogP contribution is -2.56. The van der Waals surface area contributed by atoms with Crippen LogP contribution in [0.25, 0.3) is 0 Å². The summed E-state index contributed by atoms with van der Waals surface area (Å²) in [5.74, 6) is 0.121. The standard InChI is InChI=1S/C26H36FN5O3S/c1-19(2)17-30-8-9-32(36(33,34)31-10-12-35-13-11-31)18-26(30)24-15-21(16-28)25(14-20(24)3)29-23-6-4-22(27)5-7-23/h4-7,14-16,19,26,28-29H,8-13,17-18H2,1-3H3/t26-/m0/s1. The summed E-state index contributed by atoms with van der Waals surface area (Å²) < 4.78 is 48.7. The smallest absolute Gasteiger partial charge is 0.282 e. The lowest BCUT2D eigenvalue weighted by molar-refractivity contribution is 0.0637. The van der Waals surface area contributed by atoms with E-state index in [9.17, 15) is 12.8 Å². The largest absolute Gasteiger partial charge is 0.379 e. The summed E-state index contributed by atoms with van der Waals surface area (Å²) in [6.07, 6.45) is 1.30. The molecular weight excluding hydrogens is 481 g/mol. The van der Waals surface area contributed by atoms with Gasteiger partial charge in [0, 0.05) is 68.5 Å². The molecule has 10 heteroatoms. The summed E-state index contributed by atoms with van der Waals surface area (Å²) in [6, 6.07) is 9.94. The van der Waals surface area contributed by atoms with E-state index >= 15 is 0 Å². The van der Waals surface area contributed by atoms with Crippen molar-refractivity contribution < 1.29 is 17.5 Å². The maximum Gasteiger partial charge on any atom is 0.282 e. The first-order chi connectivity index (χ1) is 17.2. The molecule has 2 heterocycles. The fourth-order valence-corrected chi connectivity index (χ4v) is 6.52. The highest BCUT2D eigenvalue weighted by Gasteiger charge is 2.38. The maximum absolute atomic E-state index is 13.4. The van der Waals surface area contributed by atoms with Crippen molar-refractivity contribution in [2.75, 3.05) is 57.8 Å². The Hall–Kier alpha value is -2.37. The molecule has 0 radical (unpaired) electrons. The van der Waals surface area contributed by atoms with E-state index in [1.54, 1.807) is 16.4 Å². The van der Waals surface area contributed by atoms with Crippen molar-refractivity contribution >= 4 is 27.8 Å². The van der Waals surface area contributed by atoms with Crippen LogP contribution in [-0.4, -0.2) is 80.6 Å². The highest BCUT2D eigenvalue weighted by Crippen LogP contribution is 2.34. The molecule has 0 unspecified atom stereocenters. The molecule has 0 aromatic heterocycles. The molecule has 4 rings (SSSR count). The molecule has 36 heavy (non-hydrogen) atoms. The van der Waals surface area contributed by atoms with Gasteiger partial charge in [-0.05, 0) is 60.4 Å². The molecule has 196 valence electrons. The number of aryl methyl sites for hydroxylation is 1. The molecule has 8 nitrogen and oxygen atoms in total. The van der Waals surface area contributed by atoms with Crippen LogP contribution in [0.3, 0.4) is 0 Å². The van der Waals surface area contributed by atoms with E-state index in [0.717, 1.165) is 29.0 Å². The lowest BCUT2D eigenvalue weighted by Gasteiger charge is -2.44. The molecule has 2 aliphatic rings. The highest BCUT2D eigenvalue weighted by molar-refractivity contribution is 7.86. The number of halogens is 1.